The van der Waals surface area contributed by atoms with Gasteiger partial charge in [-0.1, -0.05) is 18.2 Å². The number of hydrogen-bond acceptors (Lipinski definition) is 7. The topological polar surface area (TPSA) is 136 Å². The molecule has 0 aliphatic heterocycles. The summed E-state index contributed by atoms with van der Waals surface area (Å²) in [6.07, 6.45) is 1.23. The predicted molar refractivity (Wildman–Crippen MR) is 107 cm³/mol. The Labute approximate surface area is 170 Å². The largest absolute Gasteiger partial charge is 0.462 e. The van der Waals surface area contributed by atoms with Crippen LogP contribution in [0.5, 0.6) is 0 Å². The smallest absolute Gasteiger partial charge is 0.417 e. The molecule has 30 heavy (non-hydrogen) atoms. The first-order valence-electron chi connectivity index (χ1n) is 8.85. The van der Waals surface area contributed by atoms with E-state index < -0.39 is 21.7 Å². The Morgan fingerprint density at radius 2 is 2.00 bits per heavy atom. The van der Waals surface area contributed by atoms with E-state index >= 15 is 0 Å². The molecule has 2 aromatic heterocycles. The van der Waals surface area contributed by atoms with Crippen molar-refractivity contribution in [2.45, 2.75) is 11.8 Å². The van der Waals surface area contributed by atoms with Gasteiger partial charge in [0, 0.05) is 6.07 Å². The number of sulfonamides is 1. The fourth-order valence-corrected chi connectivity index (χ4v) is 3.93. The normalized spacial score (nSPS) is 11.5. The number of hydrogen-bond donors (Lipinski definition) is 2. The summed E-state index contributed by atoms with van der Waals surface area (Å²) >= 11 is 0. The number of oxazole rings is 1. The van der Waals surface area contributed by atoms with E-state index in [1.54, 1.807) is 37.3 Å². The molecule has 0 fully saturated rings. The van der Waals surface area contributed by atoms with E-state index in [2.05, 4.69) is 14.8 Å². The van der Waals surface area contributed by atoms with E-state index in [4.69, 9.17) is 9.15 Å². The lowest BCUT2D eigenvalue weighted by Gasteiger charge is -2.12. The number of para-hydroxylation sites is 1. The van der Waals surface area contributed by atoms with E-state index in [0.29, 0.717) is 11.2 Å². The molecule has 0 radical (unpaired) electrons. The van der Waals surface area contributed by atoms with Gasteiger partial charge >= 0.3 is 11.7 Å². The van der Waals surface area contributed by atoms with Gasteiger partial charge in [0.1, 0.15) is 5.56 Å². The number of nitrogens with one attached hydrogen (secondary N) is 2. The molecule has 0 spiro atoms. The molecule has 0 amide bonds. The van der Waals surface area contributed by atoms with E-state index in [9.17, 15) is 18.0 Å². The molecule has 154 valence electrons. The molecule has 0 atom stereocenters. The lowest BCUT2D eigenvalue weighted by molar-refractivity contribution is 0.0527. The van der Waals surface area contributed by atoms with E-state index in [1.807, 2.05) is 0 Å². The zero-order valence-corrected chi connectivity index (χ0v) is 16.5. The quantitative estimate of drug-likeness (QED) is 0.450. The van der Waals surface area contributed by atoms with Crippen molar-refractivity contribution in [3.8, 4) is 5.69 Å². The summed E-state index contributed by atoms with van der Waals surface area (Å²) in [5.74, 6) is -1.49. The first-order chi connectivity index (χ1) is 14.4. The van der Waals surface area contributed by atoms with Gasteiger partial charge in [-0.3, -0.25) is 9.71 Å². The molecule has 0 saturated heterocycles. The van der Waals surface area contributed by atoms with Crippen LogP contribution in [0.3, 0.4) is 0 Å². The van der Waals surface area contributed by atoms with Crippen molar-refractivity contribution >= 4 is 32.9 Å². The molecule has 2 N–H and O–H groups in total. The molecule has 10 nitrogen and oxygen atoms in total. The molecule has 11 heteroatoms. The third-order valence-electron chi connectivity index (χ3n) is 4.20. The van der Waals surface area contributed by atoms with Crippen LogP contribution in [-0.2, 0) is 14.8 Å². The van der Waals surface area contributed by atoms with Gasteiger partial charge in [0.15, 0.2) is 11.4 Å². The Bertz CT molecular complexity index is 1390. The van der Waals surface area contributed by atoms with Crippen molar-refractivity contribution in [1.29, 1.82) is 0 Å². The molecule has 4 rings (SSSR count). The van der Waals surface area contributed by atoms with Crippen LogP contribution >= 0.6 is 0 Å². The van der Waals surface area contributed by atoms with Crippen molar-refractivity contribution in [1.82, 2.24) is 14.8 Å². The van der Waals surface area contributed by atoms with Gasteiger partial charge in [0.2, 0.25) is 0 Å². The SMILES string of the molecule is CCOC(=O)c1cnn(-c2ccccc2)c1NS(=O)(=O)c1ccc2[nH]c(=O)oc2c1. The van der Waals surface area contributed by atoms with Crippen molar-refractivity contribution < 1.29 is 22.4 Å². The van der Waals surface area contributed by atoms with Gasteiger partial charge in [-0.15, -0.1) is 0 Å². The van der Waals surface area contributed by atoms with Crippen molar-refractivity contribution in [2.75, 3.05) is 11.3 Å². The molecule has 0 aliphatic carbocycles. The Hall–Kier alpha value is -3.86. The molecule has 0 aliphatic rings. The number of ether oxygens (including phenoxy) is 1. The van der Waals surface area contributed by atoms with Gasteiger partial charge in [-0.25, -0.2) is 22.7 Å². The van der Waals surface area contributed by atoms with Crippen molar-refractivity contribution in [2.24, 2.45) is 0 Å². The average molecular weight is 428 g/mol. The molecule has 2 heterocycles. The molecule has 0 unspecified atom stereocenters. The molecule has 2 aromatic carbocycles. The lowest BCUT2D eigenvalue weighted by atomic mass is 10.3. The summed E-state index contributed by atoms with van der Waals surface area (Å²) in [6, 6.07) is 12.6. The Balaban J connectivity index is 1.80. The average Bonchev–Trinajstić information content (AvgIpc) is 3.30. The van der Waals surface area contributed by atoms with Crippen molar-refractivity contribution in [3.63, 3.8) is 0 Å². The lowest BCUT2D eigenvalue weighted by Crippen LogP contribution is -2.18. The number of benzene rings is 2. The van der Waals surface area contributed by atoms with Gasteiger partial charge in [0.25, 0.3) is 10.0 Å². The van der Waals surface area contributed by atoms with Crippen LogP contribution in [0.2, 0.25) is 0 Å². The van der Waals surface area contributed by atoms with E-state index in [0.717, 1.165) is 0 Å². The maximum atomic E-state index is 13.0. The van der Waals surface area contributed by atoms with Crippen LogP contribution in [0.1, 0.15) is 17.3 Å². The van der Waals surface area contributed by atoms with Crippen LogP contribution < -0.4 is 10.5 Å². The minimum atomic E-state index is -4.16. The van der Waals surface area contributed by atoms with E-state index in [-0.39, 0.29) is 28.5 Å². The highest BCUT2D eigenvalue weighted by Gasteiger charge is 2.25. The molecular formula is C19H16N4O6S. The second-order valence-electron chi connectivity index (χ2n) is 6.15. The maximum absolute atomic E-state index is 13.0. The second-order valence-corrected chi connectivity index (χ2v) is 7.84. The monoisotopic (exact) mass is 428 g/mol. The molecule has 0 saturated carbocycles. The summed E-state index contributed by atoms with van der Waals surface area (Å²) < 4.78 is 39.7. The van der Waals surface area contributed by atoms with Gasteiger partial charge in [-0.2, -0.15) is 5.10 Å². The maximum Gasteiger partial charge on any atom is 0.417 e. The molecule has 0 bridgehead atoms. The number of nitrogens with zero attached hydrogens (tertiary/aromatic N) is 2. The second kappa shape index (κ2) is 7.52. The number of esters is 1. The zero-order chi connectivity index (χ0) is 21.3. The molecular weight excluding hydrogens is 412 g/mol. The summed E-state index contributed by atoms with van der Waals surface area (Å²) in [5.41, 5.74) is 0.946. The number of aromatic nitrogens is 3. The standard InChI is InChI=1S/C19H16N4O6S/c1-2-28-18(24)14-11-20-23(12-6-4-3-5-7-12)17(14)22-30(26,27)13-8-9-15-16(10-13)29-19(25)21-15/h3-11,22H,2H2,1H3,(H,21,25). The van der Waals surface area contributed by atoms with Gasteiger partial charge in [0.05, 0.1) is 28.9 Å². The third-order valence-corrected chi connectivity index (χ3v) is 5.54. The fraction of sp³-hybridized carbons (Fsp3) is 0.105. The number of H-pyrrole nitrogens is 1. The van der Waals surface area contributed by atoms with Crippen LogP contribution in [0, 0.1) is 0 Å². The summed E-state index contributed by atoms with van der Waals surface area (Å²) in [7, 11) is -4.16. The summed E-state index contributed by atoms with van der Waals surface area (Å²) in [5, 5.41) is 4.14. The fourth-order valence-electron chi connectivity index (χ4n) is 2.85. The minimum absolute atomic E-state index is 0.0430. The van der Waals surface area contributed by atoms with Gasteiger partial charge < -0.3 is 9.15 Å². The summed E-state index contributed by atoms with van der Waals surface area (Å²) in [4.78, 5) is 26.0. The van der Waals surface area contributed by atoms with Crippen LogP contribution in [0.25, 0.3) is 16.8 Å². The number of rotatable bonds is 6. The number of fused-ring (bicyclic) bond motifs is 1. The number of anilines is 1. The first kappa shape index (κ1) is 19.5. The Kier molecular flexibility index (Phi) is 4.88. The first-order valence-corrected chi connectivity index (χ1v) is 10.3. The predicted octanol–water partition coefficient (Wildman–Crippen LogP) is 2.28. The molecule has 4 aromatic rings. The highest BCUT2D eigenvalue weighted by Crippen LogP contribution is 2.25. The van der Waals surface area contributed by atoms with Crippen LogP contribution in [0.15, 0.2) is 68.8 Å². The third kappa shape index (κ3) is 3.57. The highest BCUT2D eigenvalue weighted by atomic mass is 32.2. The Morgan fingerprint density at radius 3 is 2.73 bits per heavy atom. The van der Waals surface area contributed by atoms with Gasteiger partial charge in [-0.05, 0) is 31.2 Å². The minimum Gasteiger partial charge on any atom is -0.462 e. The Morgan fingerprint density at radius 1 is 1.23 bits per heavy atom. The number of aromatic amines is 1. The number of carbonyl (C=O) groups is 1. The van der Waals surface area contributed by atoms with E-state index in [1.165, 1.54) is 29.1 Å². The van der Waals surface area contributed by atoms with Crippen LogP contribution in [0.4, 0.5) is 5.82 Å². The summed E-state index contributed by atoms with van der Waals surface area (Å²) in [6.45, 7) is 1.76. The number of carbonyl (C=O) groups excluding carboxylic acids is 1. The van der Waals surface area contributed by atoms with Crippen LogP contribution in [-0.4, -0.2) is 35.8 Å². The van der Waals surface area contributed by atoms with Crippen molar-refractivity contribution in [3.05, 3.63) is 70.8 Å². The zero-order valence-electron chi connectivity index (χ0n) is 15.7. The highest BCUT2D eigenvalue weighted by molar-refractivity contribution is 7.92.